The first-order chi connectivity index (χ1) is 19.5. The zero-order valence-electron chi connectivity index (χ0n) is 23.0. The van der Waals surface area contributed by atoms with E-state index in [0.717, 1.165) is 19.3 Å². The van der Waals surface area contributed by atoms with Gasteiger partial charge in [-0.05, 0) is 56.2 Å². The monoisotopic (exact) mass is 628 g/mol. The fourth-order valence-electron chi connectivity index (χ4n) is 7.77. The average molecular weight is 629 g/mol. The first kappa shape index (κ1) is 29.3. The quantitative estimate of drug-likeness (QED) is 0.523. The van der Waals surface area contributed by atoms with Gasteiger partial charge in [-0.15, -0.1) is 0 Å². The van der Waals surface area contributed by atoms with Gasteiger partial charge in [0.15, 0.2) is 9.84 Å². The van der Waals surface area contributed by atoms with Crippen LogP contribution in [0.1, 0.15) is 38.5 Å². The number of amides is 3. The molecule has 1 aromatic carbocycles. The van der Waals surface area contributed by atoms with Crippen LogP contribution in [0.15, 0.2) is 24.3 Å². The van der Waals surface area contributed by atoms with E-state index in [1.165, 1.54) is 9.21 Å². The number of urea groups is 1. The maximum Gasteiger partial charge on any atom is 0.331 e. The molecule has 4 saturated heterocycles. The lowest BCUT2D eigenvalue weighted by molar-refractivity contribution is -0.132. The van der Waals surface area contributed by atoms with Crippen LogP contribution in [0.3, 0.4) is 0 Å². The van der Waals surface area contributed by atoms with Crippen molar-refractivity contribution in [3.8, 4) is 0 Å². The molecule has 5 fully saturated rings. The number of rotatable bonds is 5. The van der Waals surface area contributed by atoms with E-state index in [1.807, 2.05) is 4.90 Å². The number of anilines is 1. The molecule has 41 heavy (non-hydrogen) atoms. The summed E-state index contributed by atoms with van der Waals surface area (Å²) in [5.74, 6) is -1.14. The number of sulfone groups is 1. The molecule has 226 valence electrons. The Hall–Kier alpha value is -1.77. The molecule has 3 amide bonds. The molecule has 6 rings (SSSR count). The molecule has 11 nitrogen and oxygen atoms in total. The van der Waals surface area contributed by atoms with Gasteiger partial charge in [-0.3, -0.25) is 4.79 Å². The molecule has 0 bridgehead atoms. The van der Waals surface area contributed by atoms with E-state index in [4.69, 9.17) is 16.3 Å². The molecule has 4 heterocycles. The zero-order chi connectivity index (χ0) is 29.1. The molecule has 1 aliphatic carbocycles. The van der Waals surface area contributed by atoms with Crippen molar-refractivity contribution in [1.29, 1.82) is 0 Å². The number of fused-ring (bicyclic) bond motifs is 3. The van der Waals surface area contributed by atoms with Crippen molar-refractivity contribution in [1.82, 2.24) is 14.5 Å². The van der Waals surface area contributed by atoms with Crippen LogP contribution < -0.4 is 10.2 Å². The molecule has 1 N–H and O–H groups in total. The maximum absolute atomic E-state index is 14.3. The van der Waals surface area contributed by atoms with Gasteiger partial charge in [0.05, 0.1) is 40.5 Å². The van der Waals surface area contributed by atoms with E-state index in [0.29, 0.717) is 30.1 Å². The molecule has 6 unspecified atom stereocenters. The minimum absolute atomic E-state index is 0.0117. The topological polar surface area (TPSA) is 133 Å². The van der Waals surface area contributed by atoms with Crippen molar-refractivity contribution < 1.29 is 31.2 Å². The molecule has 0 radical (unpaired) electrons. The summed E-state index contributed by atoms with van der Waals surface area (Å²) >= 11 is 6.25. The lowest BCUT2D eigenvalue weighted by Crippen LogP contribution is -2.74. The predicted octanol–water partition coefficient (Wildman–Crippen LogP) is 1.86. The molecule has 0 spiro atoms. The number of imide groups is 1. The van der Waals surface area contributed by atoms with Crippen LogP contribution in [0.4, 0.5) is 10.5 Å². The highest BCUT2D eigenvalue weighted by Crippen LogP contribution is 2.43. The minimum atomic E-state index is -3.78. The first-order valence-corrected chi connectivity index (χ1v) is 18.1. The second kappa shape index (κ2) is 11.1. The van der Waals surface area contributed by atoms with Gasteiger partial charge in [0, 0.05) is 43.9 Å². The summed E-state index contributed by atoms with van der Waals surface area (Å²) in [4.78, 5) is 31.4. The number of hydrogen-bond donors (Lipinski definition) is 1. The Balaban J connectivity index is 1.30. The van der Waals surface area contributed by atoms with Crippen molar-refractivity contribution in [3.05, 3.63) is 29.3 Å². The Labute approximate surface area is 246 Å². The zero-order valence-corrected chi connectivity index (χ0v) is 25.4. The summed E-state index contributed by atoms with van der Waals surface area (Å²) in [6.07, 6.45) is 3.62. The summed E-state index contributed by atoms with van der Waals surface area (Å²) in [6, 6.07) is 5.72. The van der Waals surface area contributed by atoms with E-state index in [-0.39, 0.29) is 67.1 Å². The molecule has 1 aromatic rings. The molecule has 14 heteroatoms. The normalized spacial score (nSPS) is 34.9. The van der Waals surface area contributed by atoms with E-state index in [1.54, 1.807) is 31.4 Å². The fraction of sp³-hybridized carbons (Fsp3) is 0.704. The number of carbonyl (C=O) groups is 2. The highest BCUT2D eigenvalue weighted by Gasteiger charge is 2.57. The summed E-state index contributed by atoms with van der Waals surface area (Å²) in [5, 5.41) is 3.07. The SMILES string of the molecule is COC1CCCC2C1NCC1C(=O)N(c3cccc(Cl)c3)C(=O)N(C3CCN(S(=O)(=O)C4CCS(=O)(=O)C4)CC3)C12. The number of ether oxygens (including phenoxy) is 1. The van der Waals surface area contributed by atoms with Crippen LogP contribution in [-0.2, 0) is 29.4 Å². The Morgan fingerprint density at radius 1 is 1.07 bits per heavy atom. The highest BCUT2D eigenvalue weighted by atomic mass is 35.5. The van der Waals surface area contributed by atoms with Gasteiger partial charge in [0.25, 0.3) is 0 Å². The predicted molar refractivity (Wildman–Crippen MR) is 154 cm³/mol. The smallest absolute Gasteiger partial charge is 0.331 e. The second-order valence-electron chi connectivity index (χ2n) is 11.9. The van der Waals surface area contributed by atoms with Gasteiger partial charge in [-0.1, -0.05) is 24.1 Å². The molecule has 5 aliphatic rings. The van der Waals surface area contributed by atoms with Crippen LogP contribution in [0.5, 0.6) is 0 Å². The molecule has 6 atom stereocenters. The highest BCUT2D eigenvalue weighted by molar-refractivity contribution is 7.95. The summed E-state index contributed by atoms with van der Waals surface area (Å²) < 4.78 is 57.8. The minimum Gasteiger partial charge on any atom is -0.380 e. The Morgan fingerprint density at radius 3 is 2.49 bits per heavy atom. The lowest BCUT2D eigenvalue weighted by atomic mass is 9.69. The van der Waals surface area contributed by atoms with Gasteiger partial charge in [0.1, 0.15) is 0 Å². The number of carbonyl (C=O) groups excluding carboxylic acids is 2. The van der Waals surface area contributed by atoms with Gasteiger partial charge < -0.3 is 15.0 Å². The number of nitrogens with zero attached hydrogens (tertiary/aromatic N) is 3. The Bertz CT molecular complexity index is 1420. The van der Waals surface area contributed by atoms with E-state index < -0.39 is 37.1 Å². The Morgan fingerprint density at radius 2 is 1.83 bits per heavy atom. The van der Waals surface area contributed by atoms with Crippen molar-refractivity contribution in [2.24, 2.45) is 11.8 Å². The van der Waals surface area contributed by atoms with Crippen LogP contribution in [0, 0.1) is 11.8 Å². The third-order valence-electron chi connectivity index (χ3n) is 9.74. The summed E-state index contributed by atoms with van der Waals surface area (Å²) in [6.45, 7) is 0.806. The van der Waals surface area contributed by atoms with Crippen LogP contribution in [-0.4, -0.2) is 106 Å². The number of sulfonamides is 1. The van der Waals surface area contributed by atoms with Crippen LogP contribution in [0.2, 0.25) is 5.02 Å². The largest absolute Gasteiger partial charge is 0.380 e. The van der Waals surface area contributed by atoms with Gasteiger partial charge >= 0.3 is 6.03 Å². The first-order valence-electron chi connectivity index (χ1n) is 14.4. The van der Waals surface area contributed by atoms with Gasteiger partial charge in [0.2, 0.25) is 15.9 Å². The maximum atomic E-state index is 14.3. The number of methoxy groups -OCH3 is 1. The molecule has 4 aliphatic heterocycles. The second-order valence-corrected chi connectivity index (χ2v) is 16.8. The Kier molecular flexibility index (Phi) is 7.90. The van der Waals surface area contributed by atoms with E-state index in [9.17, 15) is 26.4 Å². The number of nitrogens with one attached hydrogen (secondary N) is 1. The average Bonchev–Trinajstić information content (AvgIpc) is 3.33. The molecular weight excluding hydrogens is 592 g/mol. The van der Waals surface area contributed by atoms with Crippen molar-refractivity contribution in [3.63, 3.8) is 0 Å². The third kappa shape index (κ3) is 5.20. The number of benzene rings is 1. The van der Waals surface area contributed by atoms with Crippen molar-refractivity contribution in [2.75, 3.05) is 43.1 Å². The fourth-order valence-corrected chi connectivity index (χ4v) is 12.5. The van der Waals surface area contributed by atoms with Gasteiger partial charge in [-0.2, -0.15) is 0 Å². The van der Waals surface area contributed by atoms with Gasteiger partial charge in [-0.25, -0.2) is 30.8 Å². The van der Waals surface area contributed by atoms with Crippen LogP contribution >= 0.6 is 11.6 Å². The molecule has 0 aromatic heterocycles. The number of piperidine rings is 2. The lowest BCUT2D eigenvalue weighted by Gasteiger charge is -2.57. The van der Waals surface area contributed by atoms with E-state index >= 15 is 0 Å². The number of hydrogen-bond acceptors (Lipinski definition) is 8. The number of halogens is 1. The third-order valence-corrected chi connectivity index (χ3v) is 14.3. The summed E-state index contributed by atoms with van der Waals surface area (Å²) in [5.41, 5.74) is 0.416. The molecule has 1 saturated carbocycles. The van der Waals surface area contributed by atoms with Crippen LogP contribution in [0.25, 0.3) is 0 Å². The summed E-state index contributed by atoms with van der Waals surface area (Å²) in [7, 11) is -5.43. The van der Waals surface area contributed by atoms with Crippen molar-refractivity contribution in [2.45, 2.75) is 68.0 Å². The molecular formula is C27H37ClN4O7S2. The van der Waals surface area contributed by atoms with Crippen molar-refractivity contribution >= 4 is 49.1 Å². The van der Waals surface area contributed by atoms with E-state index in [2.05, 4.69) is 5.32 Å². The standard InChI is InChI=1S/C27H37ClN4O7S2/c1-39-23-7-3-6-21-24(23)29-15-22-25(21)31(27(34)32(26(22)33)19-5-2-4-17(28)14-19)18-8-11-30(12-9-18)41(37,38)20-10-13-40(35,36)16-20/h2,4-5,14,18,20-25,29H,3,6-13,15-16H2,1H3.